The van der Waals surface area contributed by atoms with Gasteiger partial charge >= 0.3 is 0 Å². The minimum Gasteiger partial charge on any atom is -0.396 e. The number of thioether (sulfide) groups is 1. The van der Waals surface area contributed by atoms with Crippen LogP contribution in [0.25, 0.3) is 0 Å². The van der Waals surface area contributed by atoms with Gasteiger partial charge in [-0.1, -0.05) is 13.0 Å². The Kier molecular flexibility index (Phi) is 5.37. The van der Waals surface area contributed by atoms with E-state index in [0.717, 1.165) is 17.7 Å². The fourth-order valence-corrected chi connectivity index (χ4v) is 2.48. The molecule has 1 atom stereocenters. The zero-order valence-electron chi connectivity index (χ0n) is 9.73. The number of aliphatic hydroxyl groups excluding tert-OH is 1. The molecule has 1 aromatic rings. The summed E-state index contributed by atoms with van der Waals surface area (Å²) in [5.41, 5.74) is 3.16. The molecule has 0 bridgehead atoms. The van der Waals surface area contributed by atoms with Gasteiger partial charge in [0.05, 0.1) is 11.6 Å². The lowest BCUT2D eigenvalue weighted by Gasteiger charge is -2.11. The molecule has 0 aliphatic rings. The van der Waals surface area contributed by atoms with Gasteiger partial charge in [-0.05, 0) is 36.6 Å². The van der Waals surface area contributed by atoms with E-state index in [1.807, 2.05) is 36.9 Å². The van der Waals surface area contributed by atoms with E-state index in [9.17, 15) is 0 Å². The van der Waals surface area contributed by atoms with Crippen LogP contribution in [-0.4, -0.2) is 17.0 Å². The van der Waals surface area contributed by atoms with Crippen LogP contribution in [0.15, 0.2) is 18.2 Å². The van der Waals surface area contributed by atoms with Crippen molar-refractivity contribution in [2.45, 2.75) is 31.3 Å². The third kappa shape index (κ3) is 3.88. The Hall–Kier alpha value is -0.980. The van der Waals surface area contributed by atoms with Crippen LogP contribution in [-0.2, 0) is 5.75 Å². The molecule has 3 heteroatoms. The van der Waals surface area contributed by atoms with Gasteiger partial charge in [0, 0.05) is 17.6 Å². The Balaban J connectivity index is 2.58. The molecule has 0 saturated carbocycles. The first-order valence-electron chi connectivity index (χ1n) is 5.39. The van der Waals surface area contributed by atoms with E-state index < -0.39 is 0 Å². The molecule has 0 aliphatic heterocycles. The van der Waals surface area contributed by atoms with Crippen molar-refractivity contribution in [3.8, 4) is 6.07 Å². The standard InChI is InChI=1S/C13H17NOS/c1-10-7-12(8-14)3-4-13(10)9-16-11(2)5-6-15/h3-4,7,11,15H,5-6,9H2,1-2H3. The summed E-state index contributed by atoms with van der Waals surface area (Å²) in [5, 5.41) is 18.0. The van der Waals surface area contributed by atoms with Crippen molar-refractivity contribution in [1.82, 2.24) is 0 Å². The van der Waals surface area contributed by atoms with Crippen molar-refractivity contribution in [1.29, 1.82) is 5.26 Å². The molecule has 0 fully saturated rings. The van der Waals surface area contributed by atoms with Gasteiger partial charge in [-0.15, -0.1) is 0 Å². The molecule has 16 heavy (non-hydrogen) atoms. The lowest BCUT2D eigenvalue weighted by Crippen LogP contribution is -2.00. The Labute approximate surface area is 101 Å². The Morgan fingerprint density at radius 1 is 1.50 bits per heavy atom. The number of rotatable bonds is 5. The van der Waals surface area contributed by atoms with Gasteiger partial charge < -0.3 is 5.11 Å². The van der Waals surface area contributed by atoms with Gasteiger partial charge in [0.2, 0.25) is 0 Å². The third-order valence-corrected chi connectivity index (χ3v) is 3.81. The Morgan fingerprint density at radius 2 is 2.25 bits per heavy atom. The smallest absolute Gasteiger partial charge is 0.0991 e. The van der Waals surface area contributed by atoms with Crippen LogP contribution < -0.4 is 0 Å². The fraction of sp³-hybridized carbons (Fsp3) is 0.462. The fourth-order valence-electron chi connectivity index (χ4n) is 1.42. The van der Waals surface area contributed by atoms with Gasteiger partial charge in [0.15, 0.2) is 0 Å². The van der Waals surface area contributed by atoms with Crippen molar-refractivity contribution in [3.63, 3.8) is 0 Å². The summed E-state index contributed by atoms with van der Waals surface area (Å²) in [6.07, 6.45) is 0.833. The van der Waals surface area contributed by atoms with E-state index in [1.165, 1.54) is 11.1 Å². The second kappa shape index (κ2) is 6.57. The summed E-state index contributed by atoms with van der Waals surface area (Å²) < 4.78 is 0. The molecule has 0 heterocycles. The molecule has 0 aromatic heterocycles. The van der Waals surface area contributed by atoms with Gasteiger partial charge in [-0.25, -0.2) is 0 Å². The van der Waals surface area contributed by atoms with Crippen LogP contribution in [0.5, 0.6) is 0 Å². The minimum atomic E-state index is 0.251. The van der Waals surface area contributed by atoms with E-state index in [2.05, 4.69) is 13.0 Å². The van der Waals surface area contributed by atoms with E-state index >= 15 is 0 Å². The molecule has 86 valence electrons. The first-order chi connectivity index (χ1) is 7.67. The van der Waals surface area contributed by atoms with E-state index in [4.69, 9.17) is 10.4 Å². The van der Waals surface area contributed by atoms with Gasteiger partial charge in [-0.3, -0.25) is 0 Å². The quantitative estimate of drug-likeness (QED) is 0.853. The maximum atomic E-state index is 8.81. The van der Waals surface area contributed by atoms with E-state index in [-0.39, 0.29) is 6.61 Å². The predicted octanol–water partition coefficient (Wildman–Crippen LogP) is 2.87. The normalized spacial score (nSPS) is 12.1. The van der Waals surface area contributed by atoms with Crippen LogP contribution in [0, 0.1) is 18.3 Å². The van der Waals surface area contributed by atoms with Crippen molar-refractivity contribution < 1.29 is 5.11 Å². The molecule has 1 aromatic carbocycles. The number of hydrogen-bond acceptors (Lipinski definition) is 3. The first-order valence-corrected chi connectivity index (χ1v) is 6.44. The largest absolute Gasteiger partial charge is 0.396 e. The highest BCUT2D eigenvalue weighted by molar-refractivity contribution is 7.99. The zero-order valence-corrected chi connectivity index (χ0v) is 10.5. The number of aliphatic hydroxyl groups is 1. The number of aryl methyl sites for hydroxylation is 1. The van der Waals surface area contributed by atoms with Crippen LogP contribution in [0.3, 0.4) is 0 Å². The molecular weight excluding hydrogens is 218 g/mol. The summed E-state index contributed by atoms with van der Waals surface area (Å²) in [6.45, 7) is 4.41. The number of nitriles is 1. The number of benzene rings is 1. The predicted molar refractivity (Wildman–Crippen MR) is 68.4 cm³/mol. The number of nitrogens with zero attached hydrogens (tertiary/aromatic N) is 1. The maximum Gasteiger partial charge on any atom is 0.0991 e. The minimum absolute atomic E-state index is 0.251. The highest BCUT2D eigenvalue weighted by Gasteiger charge is 2.04. The second-order valence-electron chi connectivity index (χ2n) is 3.89. The summed E-state index contributed by atoms with van der Waals surface area (Å²) in [7, 11) is 0. The van der Waals surface area contributed by atoms with E-state index in [0.29, 0.717) is 5.25 Å². The first kappa shape index (κ1) is 13.1. The molecule has 1 unspecified atom stereocenters. The average Bonchev–Trinajstić information content (AvgIpc) is 2.27. The van der Waals surface area contributed by atoms with Crippen molar-refractivity contribution >= 4 is 11.8 Å². The van der Waals surface area contributed by atoms with Crippen molar-refractivity contribution in [2.75, 3.05) is 6.61 Å². The van der Waals surface area contributed by atoms with Crippen molar-refractivity contribution in [3.05, 3.63) is 34.9 Å². The highest BCUT2D eigenvalue weighted by Crippen LogP contribution is 2.22. The molecule has 0 radical (unpaired) electrons. The van der Waals surface area contributed by atoms with Gasteiger partial charge in [0.1, 0.15) is 0 Å². The molecule has 2 nitrogen and oxygen atoms in total. The number of hydrogen-bond donors (Lipinski definition) is 1. The Bertz CT molecular complexity index is 384. The molecule has 1 N–H and O–H groups in total. The van der Waals surface area contributed by atoms with Gasteiger partial charge in [0.25, 0.3) is 0 Å². The lowest BCUT2D eigenvalue weighted by atomic mass is 10.1. The van der Waals surface area contributed by atoms with Crippen LogP contribution in [0.4, 0.5) is 0 Å². The van der Waals surface area contributed by atoms with Crippen molar-refractivity contribution in [2.24, 2.45) is 0 Å². The van der Waals surface area contributed by atoms with Crippen LogP contribution in [0.1, 0.15) is 30.0 Å². The summed E-state index contributed by atoms with van der Waals surface area (Å²) in [6, 6.07) is 7.94. The SMILES string of the molecule is Cc1cc(C#N)ccc1CSC(C)CCO. The molecular formula is C13H17NOS. The summed E-state index contributed by atoms with van der Waals surface area (Å²) >= 11 is 1.84. The summed E-state index contributed by atoms with van der Waals surface area (Å²) in [5.74, 6) is 0.943. The van der Waals surface area contributed by atoms with Gasteiger partial charge in [-0.2, -0.15) is 17.0 Å². The second-order valence-corrected chi connectivity index (χ2v) is 5.31. The van der Waals surface area contributed by atoms with Crippen LogP contribution >= 0.6 is 11.8 Å². The summed E-state index contributed by atoms with van der Waals surface area (Å²) in [4.78, 5) is 0. The molecule has 0 amide bonds. The molecule has 0 saturated heterocycles. The molecule has 0 aliphatic carbocycles. The molecule has 1 rings (SSSR count). The highest BCUT2D eigenvalue weighted by atomic mass is 32.2. The topological polar surface area (TPSA) is 44.0 Å². The monoisotopic (exact) mass is 235 g/mol. The Morgan fingerprint density at radius 3 is 2.81 bits per heavy atom. The maximum absolute atomic E-state index is 8.81. The third-order valence-electron chi connectivity index (χ3n) is 2.53. The average molecular weight is 235 g/mol. The lowest BCUT2D eigenvalue weighted by molar-refractivity contribution is 0.289. The zero-order chi connectivity index (χ0) is 12.0. The van der Waals surface area contributed by atoms with Crippen LogP contribution in [0.2, 0.25) is 0 Å². The molecule has 0 spiro atoms. The van der Waals surface area contributed by atoms with E-state index in [1.54, 1.807) is 0 Å².